The molecule has 0 aliphatic rings. The molecule has 0 saturated carbocycles. The zero-order chi connectivity index (χ0) is 9.78. The smallest absolute Gasteiger partial charge is 0.389 e. The van der Waals surface area contributed by atoms with Gasteiger partial charge in [-0.15, -0.1) is 22.2 Å². The molecule has 0 spiro atoms. The first kappa shape index (κ1) is 12.8. The fourth-order valence-corrected chi connectivity index (χ4v) is 4.70. The van der Waals surface area contributed by atoms with E-state index in [9.17, 15) is 0 Å². The summed E-state index contributed by atoms with van der Waals surface area (Å²) < 4.78 is 5.47. The van der Waals surface area contributed by atoms with E-state index in [1.807, 2.05) is 0 Å². The van der Waals surface area contributed by atoms with Crippen molar-refractivity contribution < 1.29 is 4.43 Å². The molecule has 0 aromatic rings. The van der Waals surface area contributed by atoms with Crippen molar-refractivity contribution in [1.29, 1.82) is 0 Å². The van der Waals surface area contributed by atoms with Gasteiger partial charge in [-0.25, -0.2) is 0 Å². The number of rotatable bonds is 5. The van der Waals surface area contributed by atoms with Crippen LogP contribution in [0.5, 0.6) is 0 Å². The summed E-state index contributed by atoms with van der Waals surface area (Å²) in [6.45, 7) is 6.67. The highest BCUT2D eigenvalue weighted by Gasteiger charge is 2.31. The zero-order valence-electron chi connectivity index (χ0n) is 8.23. The van der Waals surface area contributed by atoms with Crippen LogP contribution in [-0.4, -0.2) is 13.5 Å². The zero-order valence-corrected chi connectivity index (χ0v) is 10.7. The average Bonchev–Trinajstić information content (AvgIpc) is 1.81. The van der Waals surface area contributed by atoms with E-state index >= 15 is 0 Å². The van der Waals surface area contributed by atoms with Crippen LogP contribution in [0.3, 0.4) is 0 Å². The van der Waals surface area contributed by atoms with E-state index in [2.05, 4.69) is 27.7 Å². The second-order valence-corrected chi connectivity index (χ2v) is 10.2. The highest BCUT2D eigenvalue weighted by Crippen LogP contribution is 2.26. The van der Waals surface area contributed by atoms with Crippen LogP contribution in [0.4, 0.5) is 0 Å². The summed E-state index contributed by atoms with van der Waals surface area (Å²) in [7, 11) is 0. The standard InChI is InChI=1S/C8H18Cl2OSi/c1-7(2)5-11-12(9,10)6-8(3)4/h7-8H,5-6H2,1-4H3. The van der Waals surface area contributed by atoms with Crippen LogP contribution >= 0.6 is 22.2 Å². The van der Waals surface area contributed by atoms with Gasteiger partial charge in [0.1, 0.15) is 0 Å². The molecular weight excluding hydrogens is 211 g/mol. The number of hydrogen-bond donors (Lipinski definition) is 0. The summed E-state index contributed by atoms with van der Waals surface area (Å²) in [5.41, 5.74) is 0. The minimum atomic E-state index is -2.38. The molecule has 12 heavy (non-hydrogen) atoms. The van der Waals surface area contributed by atoms with Gasteiger partial charge in [0.05, 0.1) is 0 Å². The quantitative estimate of drug-likeness (QED) is 0.515. The van der Waals surface area contributed by atoms with Crippen molar-refractivity contribution in [3.8, 4) is 0 Å². The molecule has 0 radical (unpaired) electrons. The minimum Gasteiger partial charge on any atom is -0.392 e. The molecule has 0 bridgehead atoms. The fraction of sp³-hybridized carbons (Fsp3) is 1.00. The molecule has 0 aromatic carbocycles. The molecule has 74 valence electrons. The van der Waals surface area contributed by atoms with Gasteiger partial charge in [0.15, 0.2) is 0 Å². The summed E-state index contributed by atoms with van der Waals surface area (Å²) in [4.78, 5) is 0. The average molecular weight is 229 g/mol. The number of hydrogen-bond acceptors (Lipinski definition) is 1. The van der Waals surface area contributed by atoms with Crippen LogP contribution in [-0.2, 0) is 4.43 Å². The normalized spacial score (nSPS) is 13.0. The van der Waals surface area contributed by atoms with E-state index < -0.39 is 6.94 Å². The van der Waals surface area contributed by atoms with E-state index in [0.29, 0.717) is 18.4 Å². The predicted octanol–water partition coefficient (Wildman–Crippen LogP) is 3.73. The first-order valence-corrected chi connectivity index (χ1v) is 8.49. The first-order valence-electron chi connectivity index (χ1n) is 4.35. The van der Waals surface area contributed by atoms with E-state index in [1.165, 1.54) is 0 Å². The first-order chi connectivity index (χ1) is 5.33. The lowest BCUT2D eigenvalue weighted by molar-refractivity contribution is 0.272. The van der Waals surface area contributed by atoms with Crippen molar-refractivity contribution in [2.75, 3.05) is 6.61 Å². The molecule has 0 fully saturated rings. The summed E-state index contributed by atoms with van der Waals surface area (Å²) in [5.74, 6) is 1.01. The lowest BCUT2D eigenvalue weighted by Gasteiger charge is -2.20. The summed E-state index contributed by atoms with van der Waals surface area (Å²) in [5, 5.41) is 0. The van der Waals surface area contributed by atoms with Gasteiger partial charge >= 0.3 is 6.94 Å². The SMILES string of the molecule is CC(C)CO[Si](Cl)(Cl)CC(C)C. The van der Waals surface area contributed by atoms with E-state index in [0.717, 1.165) is 6.04 Å². The van der Waals surface area contributed by atoms with Crippen molar-refractivity contribution >= 4 is 29.1 Å². The Bertz CT molecular complexity index is 126. The molecule has 0 rings (SSSR count). The lowest BCUT2D eigenvalue weighted by atomic mass is 10.2. The molecule has 0 N–H and O–H groups in total. The molecule has 0 saturated heterocycles. The van der Waals surface area contributed by atoms with Crippen LogP contribution in [0.2, 0.25) is 6.04 Å². The largest absolute Gasteiger partial charge is 0.392 e. The van der Waals surface area contributed by atoms with Crippen molar-refractivity contribution in [2.45, 2.75) is 33.7 Å². The summed E-state index contributed by atoms with van der Waals surface area (Å²) in [6.07, 6.45) is 0. The van der Waals surface area contributed by atoms with Gasteiger partial charge in [-0.05, 0) is 17.9 Å². The highest BCUT2D eigenvalue weighted by molar-refractivity contribution is 7.42. The van der Waals surface area contributed by atoms with Gasteiger partial charge < -0.3 is 4.43 Å². The Morgan fingerprint density at radius 3 is 1.92 bits per heavy atom. The third-order valence-corrected chi connectivity index (χ3v) is 4.73. The van der Waals surface area contributed by atoms with Crippen molar-refractivity contribution in [3.63, 3.8) is 0 Å². The molecule has 0 atom stereocenters. The van der Waals surface area contributed by atoms with Crippen LogP contribution in [0, 0.1) is 11.8 Å². The summed E-state index contributed by atoms with van der Waals surface area (Å²) >= 11 is 12.1. The molecule has 0 aromatic heterocycles. The Hall–Kier alpha value is 0.757. The predicted molar refractivity (Wildman–Crippen MR) is 57.9 cm³/mol. The van der Waals surface area contributed by atoms with Gasteiger partial charge in [-0.1, -0.05) is 27.7 Å². The van der Waals surface area contributed by atoms with Crippen LogP contribution < -0.4 is 0 Å². The third kappa shape index (κ3) is 7.41. The minimum absolute atomic E-state index is 0.501. The van der Waals surface area contributed by atoms with Crippen molar-refractivity contribution in [3.05, 3.63) is 0 Å². The second-order valence-electron chi connectivity index (χ2n) is 3.94. The lowest BCUT2D eigenvalue weighted by Crippen LogP contribution is -2.28. The Labute approximate surface area is 85.9 Å². The monoisotopic (exact) mass is 228 g/mol. The molecule has 1 nitrogen and oxygen atoms in total. The van der Waals surface area contributed by atoms with Crippen molar-refractivity contribution in [1.82, 2.24) is 0 Å². The molecule has 0 aliphatic carbocycles. The Morgan fingerprint density at radius 2 is 1.58 bits per heavy atom. The molecule has 4 heteroatoms. The molecule has 0 heterocycles. The van der Waals surface area contributed by atoms with Gasteiger partial charge in [-0.3, -0.25) is 0 Å². The third-order valence-electron chi connectivity index (χ3n) is 1.27. The number of halogens is 2. The highest BCUT2D eigenvalue weighted by atomic mass is 35.7. The van der Waals surface area contributed by atoms with Gasteiger partial charge in [0, 0.05) is 6.61 Å². The Balaban J connectivity index is 3.71. The van der Waals surface area contributed by atoms with E-state index in [4.69, 9.17) is 26.6 Å². The fourth-order valence-electron chi connectivity index (χ4n) is 0.823. The van der Waals surface area contributed by atoms with Gasteiger partial charge in [0.25, 0.3) is 0 Å². The molecule has 0 amide bonds. The molecule has 0 aliphatic heterocycles. The summed E-state index contributed by atoms with van der Waals surface area (Å²) in [6, 6.07) is 0.808. The van der Waals surface area contributed by atoms with E-state index in [1.54, 1.807) is 0 Å². The van der Waals surface area contributed by atoms with Crippen LogP contribution in [0.25, 0.3) is 0 Å². The Kier molecular flexibility index (Phi) is 5.82. The van der Waals surface area contributed by atoms with Crippen LogP contribution in [0.15, 0.2) is 0 Å². The van der Waals surface area contributed by atoms with Gasteiger partial charge in [0.2, 0.25) is 0 Å². The maximum atomic E-state index is 6.06. The molecule has 0 unspecified atom stereocenters. The maximum absolute atomic E-state index is 6.06. The van der Waals surface area contributed by atoms with Gasteiger partial charge in [-0.2, -0.15) is 0 Å². The van der Waals surface area contributed by atoms with Crippen molar-refractivity contribution in [2.24, 2.45) is 11.8 Å². The van der Waals surface area contributed by atoms with Crippen LogP contribution in [0.1, 0.15) is 27.7 Å². The van der Waals surface area contributed by atoms with E-state index in [-0.39, 0.29) is 0 Å². The Morgan fingerprint density at radius 1 is 1.08 bits per heavy atom. The molecular formula is C8H18Cl2OSi. The topological polar surface area (TPSA) is 9.23 Å². The maximum Gasteiger partial charge on any atom is 0.389 e. The second kappa shape index (κ2) is 5.48.